The van der Waals surface area contributed by atoms with Crippen molar-refractivity contribution in [2.24, 2.45) is 0 Å². The highest BCUT2D eigenvalue weighted by atomic mass is 35.5. The fourth-order valence-corrected chi connectivity index (χ4v) is 2.22. The Balaban J connectivity index is 0.00000288. The van der Waals surface area contributed by atoms with Crippen molar-refractivity contribution in [2.75, 3.05) is 39.6 Å². The molecule has 5 nitrogen and oxygen atoms in total. The van der Waals surface area contributed by atoms with Gasteiger partial charge < -0.3 is 20.3 Å². The van der Waals surface area contributed by atoms with Crippen LogP contribution in [-0.4, -0.2) is 45.1 Å². The molecule has 0 atom stereocenters. The smallest absolute Gasteiger partial charge is 0.255 e. The van der Waals surface area contributed by atoms with Crippen LogP contribution in [0.1, 0.15) is 10.4 Å². The number of anilines is 2. The van der Waals surface area contributed by atoms with Crippen LogP contribution in [0.4, 0.5) is 11.4 Å². The van der Waals surface area contributed by atoms with Crippen molar-refractivity contribution in [3.63, 3.8) is 0 Å². The number of carbonyl (C=O) groups excluding carboxylic acids is 1. The molecule has 138 valence electrons. The van der Waals surface area contributed by atoms with E-state index < -0.39 is 0 Å². The third-order valence-corrected chi connectivity index (χ3v) is 3.55. The highest BCUT2D eigenvalue weighted by Gasteiger charge is 2.15. The maximum atomic E-state index is 12.6. The second kappa shape index (κ2) is 11.6. The first-order valence-electron chi connectivity index (χ1n) is 7.56. The number of carbonyl (C=O) groups is 1. The molecule has 2 N–H and O–H groups in total. The van der Waals surface area contributed by atoms with E-state index in [1.807, 2.05) is 62.6 Å². The van der Waals surface area contributed by atoms with E-state index in [-0.39, 0.29) is 30.7 Å². The van der Waals surface area contributed by atoms with Crippen LogP contribution in [0.3, 0.4) is 0 Å². The van der Waals surface area contributed by atoms with Crippen molar-refractivity contribution in [1.29, 1.82) is 0 Å². The van der Waals surface area contributed by atoms with Gasteiger partial charge in [0.2, 0.25) is 0 Å². The average Bonchev–Trinajstić information content (AvgIpc) is 2.59. The van der Waals surface area contributed by atoms with Gasteiger partial charge in [-0.2, -0.15) is 0 Å². The van der Waals surface area contributed by atoms with Crippen molar-refractivity contribution < 1.29 is 9.53 Å². The Kier molecular flexibility index (Phi) is 10.7. The molecule has 0 heterocycles. The average molecular weight is 386 g/mol. The topological polar surface area (TPSA) is 53.6 Å². The molecule has 0 bridgehead atoms. The summed E-state index contributed by atoms with van der Waals surface area (Å²) in [5.41, 5.74) is 2.30. The molecule has 0 spiro atoms. The molecule has 1 amide bonds. The van der Waals surface area contributed by atoms with Crippen LogP contribution in [0.2, 0.25) is 0 Å². The lowest BCUT2D eigenvalue weighted by Gasteiger charge is -2.19. The maximum Gasteiger partial charge on any atom is 0.255 e. The molecule has 0 saturated heterocycles. The summed E-state index contributed by atoms with van der Waals surface area (Å²) in [7, 11) is 5.31. The Hall–Kier alpha value is -1.95. The van der Waals surface area contributed by atoms with Gasteiger partial charge in [-0.05, 0) is 31.3 Å². The lowest BCUT2D eigenvalue weighted by molar-refractivity contribution is 0.0798. The summed E-state index contributed by atoms with van der Waals surface area (Å²) in [4.78, 5) is 14.3. The first-order valence-corrected chi connectivity index (χ1v) is 7.56. The number of hydrogen-bond acceptors (Lipinski definition) is 4. The molecule has 0 aliphatic carbocycles. The molecule has 7 heteroatoms. The van der Waals surface area contributed by atoms with Crippen LogP contribution in [0.25, 0.3) is 0 Å². The summed E-state index contributed by atoms with van der Waals surface area (Å²) >= 11 is 0. The van der Waals surface area contributed by atoms with Gasteiger partial charge in [-0.3, -0.25) is 4.79 Å². The van der Waals surface area contributed by atoms with Crippen LogP contribution in [0.5, 0.6) is 5.75 Å². The number of ether oxygens (including phenoxy) is 1. The number of amides is 1. The first kappa shape index (κ1) is 23.1. The number of benzene rings is 2. The molecular formula is C18H25Cl2N3O2. The Labute approximate surface area is 161 Å². The van der Waals surface area contributed by atoms with E-state index in [9.17, 15) is 4.79 Å². The SMILES string of the molecule is CNCCN(C)C(=O)c1ccccc1Nc1cccc(OC)c1.Cl.Cl. The zero-order chi connectivity index (χ0) is 16.7. The van der Waals surface area contributed by atoms with Gasteiger partial charge in [0.15, 0.2) is 0 Å². The molecule has 25 heavy (non-hydrogen) atoms. The highest BCUT2D eigenvalue weighted by molar-refractivity contribution is 6.00. The standard InChI is InChI=1S/C18H23N3O2.2ClH/c1-19-11-12-21(2)18(22)16-9-4-5-10-17(16)20-14-7-6-8-15(13-14)23-3;;/h4-10,13,19-20H,11-12H2,1-3H3;2*1H. The first-order chi connectivity index (χ1) is 11.2. The largest absolute Gasteiger partial charge is 0.497 e. The van der Waals surface area contributed by atoms with Crippen LogP contribution >= 0.6 is 24.8 Å². The lowest BCUT2D eigenvalue weighted by atomic mass is 10.1. The molecular weight excluding hydrogens is 361 g/mol. The van der Waals surface area contributed by atoms with Gasteiger partial charge in [-0.1, -0.05) is 18.2 Å². The lowest BCUT2D eigenvalue weighted by Crippen LogP contribution is -2.33. The predicted molar refractivity (Wildman–Crippen MR) is 108 cm³/mol. The summed E-state index contributed by atoms with van der Waals surface area (Å²) in [6.45, 7) is 1.41. The quantitative estimate of drug-likeness (QED) is 0.764. The fraction of sp³-hybridized carbons (Fsp3) is 0.278. The van der Waals surface area contributed by atoms with Gasteiger partial charge in [0.25, 0.3) is 5.91 Å². The molecule has 0 aliphatic heterocycles. The van der Waals surface area contributed by atoms with Crippen LogP contribution < -0.4 is 15.4 Å². The summed E-state index contributed by atoms with van der Waals surface area (Å²) in [5, 5.41) is 6.34. The number of para-hydroxylation sites is 1. The Morgan fingerprint density at radius 3 is 2.52 bits per heavy atom. The molecule has 0 fully saturated rings. The van der Waals surface area contributed by atoms with E-state index in [0.717, 1.165) is 23.7 Å². The van der Waals surface area contributed by atoms with Crippen molar-refractivity contribution in [3.8, 4) is 5.75 Å². The van der Waals surface area contributed by atoms with Crippen molar-refractivity contribution in [1.82, 2.24) is 10.2 Å². The van der Waals surface area contributed by atoms with Crippen molar-refractivity contribution in [2.45, 2.75) is 0 Å². The zero-order valence-electron chi connectivity index (χ0n) is 14.6. The normalized spacial score (nSPS) is 9.40. The third kappa shape index (κ3) is 6.46. The summed E-state index contributed by atoms with van der Waals surface area (Å²) in [6.07, 6.45) is 0. The van der Waals surface area contributed by atoms with E-state index >= 15 is 0 Å². The molecule has 0 radical (unpaired) electrons. The van der Waals surface area contributed by atoms with Crippen molar-refractivity contribution in [3.05, 3.63) is 54.1 Å². The number of likely N-dealkylation sites (N-methyl/N-ethyl adjacent to an activating group) is 2. The Morgan fingerprint density at radius 1 is 1.12 bits per heavy atom. The molecule has 2 aromatic rings. The second-order valence-corrected chi connectivity index (χ2v) is 5.23. The summed E-state index contributed by atoms with van der Waals surface area (Å²) < 4.78 is 5.23. The molecule has 0 aliphatic rings. The number of rotatable bonds is 7. The fourth-order valence-electron chi connectivity index (χ4n) is 2.22. The molecule has 0 saturated carbocycles. The van der Waals surface area contributed by atoms with E-state index in [0.29, 0.717) is 12.1 Å². The van der Waals surface area contributed by atoms with Crippen LogP contribution in [-0.2, 0) is 0 Å². The van der Waals surface area contributed by atoms with Crippen molar-refractivity contribution >= 4 is 42.1 Å². The number of nitrogens with one attached hydrogen (secondary N) is 2. The molecule has 0 aromatic heterocycles. The van der Waals surface area contributed by atoms with Gasteiger partial charge in [0.1, 0.15) is 5.75 Å². The van der Waals surface area contributed by atoms with E-state index in [4.69, 9.17) is 4.74 Å². The number of nitrogens with zero attached hydrogens (tertiary/aromatic N) is 1. The zero-order valence-corrected chi connectivity index (χ0v) is 16.2. The minimum absolute atomic E-state index is 0. The third-order valence-electron chi connectivity index (χ3n) is 3.55. The van der Waals surface area contributed by atoms with E-state index in [1.165, 1.54) is 0 Å². The molecule has 2 aromatic carbocycles. The van der Waals surface area contributed by atoms with E-state index in [2.05, 4.69) is 10.6 Å². The minimum atomic E-state index is -0.00811. The maximum absolute atomic E-state index is 12.6. The number of methoxy groups -OCH3 is 1. The second-order valence-electron chi connectivity index (χ2n) is 5.23. The van der Waals surface area contributed by atoms with Gasteiger partial charge in [-0.25, -0.2) is 0 Å². The van der Waals surface area contributed by atoms with Gasteiger partial charge in [0, 0.05) is 31.9 Å². The van der Waals surface area contributed by atoms with Gasteiger partial charge in [-0.15, -0.1) is 24.8 Å². The Morgan fingerprint density at radius 2 is 1.84 bits per heavy atom. The van der Waals surface area contributed by atoms with Gasteiger partial charge in [0.05, 0.1) is 18.4 Å². The summed E-state index contributed by atoms with van der Waals surface area (Å²) in [6, 6.07) is 15.1. The van der Waals surface area contributed by atoms with E-state index in [1.54, 1.807) is 12.0 Å². The van der Waals surface area contributed by atoms with Crippen LogP contribution in [0.15, 0.2) is 48.5 Å². The number of hydrogen-bond donors (Lipinski definition) is 2. The highest BCUT2D eigenvalue weighted by Crippen LogP contribution is 2.24. The monoisotopic (exact) mass is 385 g/mol. The number of halogens is 2. The summed E-state index contributed by atoms with van der Waals surface area (Å²) in [5.74, 6) is 0.760. The molecule has 0 unspecified atom stereocenters. The predicted octanol–water partition coefficient (Wildman–Crippen LogP) is 3.57. The van der Waals surface area contributed by atoms with Gasteiger partial charge >= 0.3 is 0 Å². The van der Waals surface area contributed by atoms with Crippen LogP contribution in [0, 0.1) is 0 Å². The minimum Gasteiger partial charge on any atom is -0.497 e. The molecule has 2 rings (SSSR count). The Bertz CT molecular complexity index is 668.